The van der Waals surface area contributed by atoms with E-state index in [1.54, 1.807) is 0 Å². The minimum Gasteiger partial charge on any atom is -0.480 e. The van der Waals surface area contributed by atoms with Crippen molar-refractivity contribution < 1.29 is 14.7 Å². The van der Waals surface area contributed by atoms with Crippen LogP contribution in [-0.2, 0) is 16.0 Å². The third-order valence-corrected chi connectivity index (χ3v) is 5.40. The number of carboxylic acid groups (broad SMARTS) is 1. The quantitative estimate of drug-likeness (QED) is 0.798. The van der Waals surface area contributed by atoms with Gasteiger partial charge in [0.15, 0.2) is 0 Å². The van der Waals surface area contributed by atoms with Crippen LogP contribution in [0.4, 0.5) is 0 Å². The first kappa shape index (κ1) is 16.2. The van der Waals surface area contributed by atoms with Crippen molar-refractivity contribution in [3.63, 3.8) is 0 Å². The van der Waals surface area contributed by atoms with E-state index >= 15 is 0 Å². The van der Waals surface area contributed by atoms with Gasteiger partial charge in [-0.2, -0.15) is 0 Å². The Hall–Kier alpha value is -1.66. The molecule has 1 heterocycles. The summed E-state index contributed by atoms with van der Waals surface area (Å²) in [6.45, 7) is 0. The van der Waals surface area contributed by atoms with E-state index in [4.69, 9.17) is 11.6 Å². The number of carboxylic acids is 1. The number of nitrogens with one attached hydrogen (secondary N) is 1. The van der Waals surface area contributed by atoms with Gasteiger partial charge < -0.3 is 10.4 Å². The van der Waals surface area contributed by atoms with Gasteiger partial charge in [-0.25, -0.2) is 9.78 Å². The maximum absolute atomic E-state index is 12.1. The van der Waals surface area contributed by atoms with E-state index in [1.807, 2.05) is 23.6 Å². The third-order valence-electron chi connectivity index (χ3n) is 4.15. The molecule has 2 aliphatic rings. The number of carbonyl (C=O) groups is 2. The van der Waals surface area contributed by atoms with Crippen LogP contribution in [0.25, 0.3) is 5.57 Å². The minimum atomic E-state index is -1.07. The summed E-state index contributed by atoms with van der Waals surface area (Å²) < 4.78 is 0. The van der Waals surface area contributed by atoms with Crippen molar-refractivity contribution in [2.75, 3.05) is 0 Å². The van der Waals surface area contributed by atoms with Crippen molar-refractivity contribution in [3.8, 4) is 0 Å². The first-order chi connectivity index (χ1) is 11.0. The molecule has 0 bridgehead atoms. The zero-order valence-electron chi connectivity index (χ0n) is 12.4. The lowest BCUT2D eigenvalue weighted by Crippen LogP contribution is -2.59. The van der Waals surface area contributed by atoms with Crippen LogP contribution in [0.1, 0.15) is 36.4 Å². The van der Waals surface area contributed by atoms with E-state index in [0.717, 1.165) is 23.4 Å². The van der Waals surface area contributed by atoms with Gasteiger partial charge in [0.1, 0.15) is 10.5 Å². The number of hydrogen-bond donors (Lipinski definition) is 2. The van der Waals surface area contributed by atoms with Gasteiger partial charge >= 0.3 is 5.97 Å². The van der Waals surface area contributed by atoms with E-state index in [-0.39, 0.29) is 17.7 Å². The maximum atomic E-state index is 12.1. The van der Waals surface area contributed by atoms with Gasteiger partial charge in [-0.1, -0.05) is 18.2 Å². The Balaban J connectivity index is 1.64. The van der Waals surface area contributed by atoms with E-state index < -0.39 is 11.5 Å². The number of alkyl halides is 1. The van der Waals surface area contributed by atoms with Crippen LogP contribution in [0.3, 0.4) is 0 Å². The average molecular weight is 353 g/mol. The lowest BCUT2D eigenvalue weighted by Gasteiger charge is -2.38. The molecule has 1 amide bonds. The molecule has 2 aliphatic carbocycles. The highest BCUT2D eigenvalue weighted by molar-refractivity contribution is 7.10. The molecule has 7 heteroatoms. The predicted octanol–water partition coefficient (Wildman–Crippen LogP) is 2.76. The molecule has 1 fully saturated rings. The maximum Gasteiger partial charge on any atom is 0.329 e. The van der Waals surface area contributed by atoms with Crippen LogP contribution in [0.2, 0.25) is 0 Å². The molecule has 0 aromatic carbocycles. The van der Waals surface area contributed by atoms with E-state index in [1.165, 1.54) is 11.3 Å². The number of aromatic nitrogens is 1. The first-order valence-electron chi connectivity index (χ1n) is 7.50. The largest absolute Gasteiger partial charge is 0.480 e. The summed E-state index contributed by atoms with van der Waals surface area (Å²) in [6.07, 6.45) is 8.65. The number of carbonyl (C=O) groups excluding carboxylic acids is 1. The summed E-state index contributed by atoms with van der Waals surface area (Å²) in [5, 5.41) is 14.5. The number of rotatable bonds is 5. The number of thiazole rings is 1. The average Bonchev–Trinajstić information content (AvgIpc) is 2.91. The van der Waals surface area contributed by atoms with Crippen LogP contribution in [0.15, 0.2) is 23.6 Å². The summed E-state index contributed by atoms with van der Waals surface area (Å²) in [5.41, 5.74) is 0.540. The van der Waals surface area contributed by atoms with Crippen LogP contribution >= 0.6 is 22.9 Å². The number of amides is 1. The van der Waals surface area contributed by atoms with E-state index in [0.29, 0.717) is 18.5 Å². The summed E-state index contributed by atoms with van der Waals surface area (Å²) in [5.74, 6) is -1.26. The van der Waals surface area contributed by atoms with E-state index in [2.05, 4.69) is 10.3 Å². The molecule has 0 spiro atoms. The van der Waals surface area contributed by atoms with Crippen LogP contribution in [0.5, 0.6) is 0 Å². The fourth-order valence-electron chi connectivity index (χ4n) is 2.71. The second-order valence-corrected chi connectivity index (χ2v) is 7.30. The molecular formula is C16H17ClN2O3S. The second-order valence-electron chi connectivity index (χ2n) is 5.89. The number of allylic oxidation sites excluding steroid dienone is 4. The Bertz CT molecular complexity index is 691. The monoisotopic (exact) mass is 352 g/mol. The smallest absolute Gasteiger partial charge is 0.329 e. The number of nitrogens with zero attached hydrogens (tertiary/aromatic N) is 1. The summed E-state index contributed by atoms with van der Waals surface area (Å²) >= 11 is 7.57. The zero-order valence-corrected chi connectivity index (χ0v) is 14.0. The van der Waals surface area contributed by atoms with Gasteiger partial charge in [-0.15, -0.1) is 22.9 Å². The van der Waals surface area contributed by atoms with Crippen LogP contribution in [0, 0.1) is 0 Å². The third kappa shape index (κ3) is 3.48. The molecule has 1 aromatic rings. The summed E-state index contributed by atoms with van der Waals surface area (Å²) in [6, 6.07) is 0. The molecule has 2 N–H and O–H groups in total. The first-order valence-corrected chi connectivity index (χ1v) is 8.82. The van der Waals surface area contributed by atoms with Gasteiger partial charge in [0.05, 0.1) is 17.5 Å². The van der Waals surface area contributed by atoms with Crippen molar-refractivity contribution in [2.24, 2.45) is 0 Å². The Morgan fingerprint density at radius 3 is 2.87 bits per heavy atom. The van der Waals surface area contributed by atoms with Crippen molar-refractivity contribution >= 4 is 40.4 Å². The molecule has 1 atom stereocenters. The summed E-state index contributed by atoms with van der Waals surface area (Å²) in [7, 11) is 0. The molecular weight excluding hydrogens is 336 g/mol. The highest BCUT2D eigenvalue weighted by atomic mass is 35.5. The van der Waals surface area contributed by atoms with Crippen molar-refractivity contribution in [1.82, 2.24) is 10.3 Å². The lowest BCUT2D eigenvalue weighted by atomic mass is 9.76. The second kappa shape index (κ2) is 6.45. The zero-order chi connectivity index (χ0) is 16.4. The number of hydrogen-bond acceptors (Lipinski definition) is 4. The van der Waals surface area contributed by atoms with Gasteiger partial charge in [-0.05, 0) is 25.7 Å². The van der Waals surface area contributed by atoms with Crippen LogP contribution in [-0.4, -0.2) is 32.9 Å². The number of halogens is 1. The van der Waals surface area contributed by atoms with Gasteiger partial charge in [-0.3, -0.25) is 4.79 Å². The molecule has 3 rings (SSSR count). The minimum absolute atomic E-state index is 0.0281. The van der Waals surface area contributed by atoms with Crippen molar-refractivity contribution in [1.29, 1.82) is 0 Å². The predicted molar refractivity (Wildman–Crippen MR) is 89.6 cm³/mol. The lowest BCUT2D eigenvalue weighted by molar-refractivity contribution is -0.151. The normalized spacial score (nSPS) is 22.1. The Morgan fingerprint density at radius 2 is 2.26 bits per heavy atom. The SMILES string of the molecule is O=C(Cc1csc(C2=CC(Cl)CC=C2)n1)NC1(C(=O)O)CCC1. The molecule has 1 aromatic heterocycles. The van der Waals surface area contributed by atoms with Gasteiger partial charge in [0.25, 0.3) is 0 Å². The van der Waals surface area contributed by atoms with Gasteiger partial charge in [0, 0.05) is 11.0 Å². The standard InChI is InChI=1S/C16H17ClN2O3S/c17-11-4-1-3-10(7-11)14-18-12(9-23-14)8-13(20)19-16(15(21)22)5-2-6-16/h1,3,7,9,11H,2,4-6,8H2,(H,19,20)(H,21,22). The molecule has 0 radical (unpaired) electrons. The topological polar surface area (TPSA) is 79.3 Å². The fraction of sp³-hybridized carbons (Fsp3) is 0.438. The molecule has 0 aliphatic heterocycles. The van der Waals surface area contributed by atoms with E-state index in [9.17, 15) is 14.7 Å². The Labute approximate surface area is 143 Å². The molecule has 5 nitrogen and oxygen atoms in total. The van der Waals surface area contributed by atoms with Crippen LogP contribution < -0.4 is 5.32 Å². The fourth-order valence-corrected chi connectivity index (χ4v) is 3.77. The highest BCUT2D eigenvalue weighted by Gasteiger charge is 2.45. The summed E-state index contributed by atoms with van der Waals surface area (Å²) in [4.78, 5) is 27.8. The molecule has 0 saturated heterocycles. The molecule has 1 unspecified atom stereocenters. The van der Waals surface area contributed by atoms with Gasteiger partial charge in [0.2, 0.25) is 5.91 Å². The molecule has 122 valence electrons. The Kier molecular flexibility index (Phi) is 4.55. The van der Waals surface area contributed by atoms with Crippen molar-refractivity contribution in [2.45, 2.75) is 43.0 Å². The Morgan fingerprint density at radius 1 is 1.48 bits per heavy atom. The van der Waals surface area contributed by atoms with Crippen molar-refractivity contribution in [3.05, 3.63) is 34.3 Å². The highest BCUT2D eigenvalue weighted by Crippen LogP contribution is 2.32. The number of aliphatic carboxylic acids is 1. The molecule has 1 saturated carbocycles. The molecule has 23 heavy (non-hydrogen) atoms.